The first-order valence-corrected chi connectivity index (χ1v) is 10.2. The molecule has 0 amide bonds. The van der Waals surface area contributed by atoms with Crippen molar-refractivity contribution >= 4 is 37.5 Å². The van der Waals surface area contributed by atoms with Crippen molar-refractivity contribution in [3.05, 3.63) is 49.5 Å². The molecule has 5 heteroatoms. The van der Waals surface area contributed by atoms with Gasteiger partial charge in [-0.25, -0.2) is 4.98 Å². The number of aromatic amines is 1. The van der Waals surface area contributed by atoms with E-state index in [1.807, 2.05) is 24.3 Å². The number of H-pyrrole nitrogens is 1. The van der Waals surface area contributed by atoms with Crippen molar-refractivity contribution in [1.29, 1.82) is 0 Å². The molecular formula is C20H21BrN2OS. The molecule has 130 valence electrons. The number of nitrogens with one attached hydrogen (secondary N) is 1. The predicted molar refractivity (Wildman–Crippen MR) is 108 cm³/mol. The number of rotatable bonds is 1. The molecule has 0 saturated carbocycles. The Labute approximate surface area is 159 Å². The van der Waals surface area contributed by atoms with E-state index < -0.39 is 0 Å². The monoisotopic (exact) mass is 416 g/mol. The van der Waals surface area contributed by atoms with E-state index in [2.05, 4.69) is 41.7 Å². The molecule has 3 aromatic rings. The van der Waals surface area contributed by atoms with Gasteiger partial charge in [0.25, 0.3) is 5.56 Å². The molecule has 1 N–H and O–H groups in total. The number of aryl methyl sites for hydroxylation is 1. The summed E-state index contributed by atoms with van der Waals surface area (Å²) in [6, 6.07) is 7.87. The smallest absolute Gasteiger partial charge is 0.260 e. The normalized spacial score (nSPS) is 17.7. The third-order valence-electron chi connectivity index (χ3n) is 5.24. The maximum atomic E-state index is 12.8. The van der Waals surface area contributed by atoms with Crippen LogP contribution in [-0.2, 0) is 12.8 Å². The lowest BCUT2D eigenvalue weighted by atomic mass is 9.72. The molecule has 1 aromatic carbocycles. The van der Waals surface area contributed by atoms with Gasteiger partial charge < -0.3 is 4.98 Å². The van der Waals surface area contributed by atoms with Crippen LogP contribution in [0.25, 0.3) is 21.6 Å². The minimum Gasteiger partial charge on any atom is -0.306 e. The molecular weight excluding hydrogens is 396 g/mol. The Morgan fingerprint density at radius 3 is 2.84 bits per heavy atom. The lowest BCUT2D eigenvalue weighted by Gasteiger charge is -2.33. The number of hydrogen-bond acceptors (Lipinski definition) is 3. The molecule has 0 saturated heterocycles. The van der Waals surface area contributed by atoms with Crippen molar-refractivity contribution in [3.8, 4) is 11.4 Å². The van der Waals surface area contributed by atoms with Gasteiger partial charge in [0.15, 0.2) is 0 Å². The highest BCUT2D eigenvalue weighted by atomic mass is 79.9. The largest absolute Gasteiger partial charge is 0.306 e. The fourth-order valence-corrected chi connectivity index (χ4v) is 5.40. The predicted octanol–water partition coefficient (Wildman–Crippen LogP) is 5.57. The highest BCUT2D eigenvalue weighted by Crippen LogP contribution is 2.42. The lowest BCUT2D eigenvalue weighted by Crippen LogP contribution is -2.26. The highest BCUT2D eigenvalue weighted by molar-refractivity contribution is 9.10. The Morgan fingerprint density at radius 2 is 2.12 bits per heavy atom. The van der Waals surface area contributed by atoms with Gasteiger partial charge in [0, 0.05) is 14.9 Å². The molecule has 1 atom stereocenters. The van der Waals surface area contributed by atoms with Crippen molar-refractivity contribution in [1.82, 2.24) is 9.97 Å². The fraction of sp³-hybridized carbons (Fsp3) is 0.400. The summed E-state index contributed by atoms with van der Waals surface area (Å²) in [5.41, 5.74) is 2.45. The van der Waals surface area contributed by atoms with Crippen molar-refractivity contribution < 1.29 is 0 Å². The van der Waals surface area contributed by atoms with Gasteiger partial charge in [0.2, 0.25) is 0 Å². The quantitative estimate of drug-likeness (QED) is 0.563. The molecule has 0 aliphatic heterocycles. The molecule has 2 heterocycles. The summed E-state index contributed by atoms with van der Waals surface area (Å²) in [6.07, 6.45) is 3.19. The maximum absolute atomic E-state index is 12.8. The van der Waals surface area contributed by atoms with Crippen LogP contribution in [0.5, 0.6) is 0 Å². The van der Waals surface area contributed by atoms with Gasteiger partial charge in [-0.2, -0.15) is 0 Å². The van der Waals surface area contributed by atoms with Crippen molar-refractivity contribution in [2.75, 3.05) is 0 Å². The number of nitrogens with zero attached hydrogens (tertiary/aromatic N) is 1. The Bertz CT molecular complexity index is 1010. The molecule has 0 radical (unpaired) electrons. The van der Waals surface area contributed by atoms with Gasteiger partial charge in [-0.05, 0) is 48.3 Å². The molecule has 4 rings (SSSR count). The zero-order valence-electron chi connectivity index (χ0n) is 14.6. The van der Waals surface area contributed by atoms with Crippen LogP contribution in [-0.4, -0.2) is 9.97 Å². The van der Waals surface area contributed by atoms with Crippen LogP contribution >= 0.6 is 27.3 Å². The van der Waals surface area contributed by atoms with Crippen LogP contribution in [0.4, 0.5) is 0 Å². The summed E-state index contributed by atoms with van der Waals surface area (Å²) in [7, 11) is 0. The SMILES string of the molecule is CC(C)(C)C1CCc2c(sc3nc(-c4cccc(Br)c4)[nH]c(=O)c23)C1. The first kappa shape index (κ1) is 17.0. The van der Waals surface area contributed by atoms with E-state index in [0.717, 1.165) is 39.5 Å². The lowest BCUT2D eigenvalue weighted by molar-refractivity contribution is 0.218. The van der Waals surface area contributed by atoms with E-state index in [-0.39, 0.29) is 5.56 Å². The summed E-state index contributed by atoms with van der Waals surface area (Å²) in [6.45, 7) is 6.94. The van der Waals surface area contributed by atoms with E-state index in [1.54, 1.807) is 11.3 Å². The van der Waals surface area contributed by atoms with Crippen molar-refractivity contribution in [2.45, 2.75) is 40.0 Å². The van der Waals surface area contributed by atoms with Gasteiger partial charge in [-0.1, -0.05) is 48.8 Å². The summed E-state index contributed by atoms with van der Waals surface area (Å²) < 4.78 is 0.978. The van der Waals surface area contributed by atoms with E-state index in [0.29, 0.717) is 17.2 Å². The molecule has 1 aliphatic carbocycles. The number of fused-ring (bicyclic) bond motifs is 3. The number of thiophene rings is 1. The summed E-state index contributed by atoms with van der Waals surface area (Å²) in [4.78, 5) is 22.8. The molecule has 25 heavy (non-hydrogen) atoms. The van der Waals surface area contributed by atoms with E-state index in [1.165, 1.54) is 10.4 Å². The number of hydrogen-bond donors (Lipinski definition) is 1. The standard InChI is InChI=1S/C20H21BrN2OS/c1-20(2,3)12-7-8-14-15(10-12)25-19-16(14)18(24)22-17(23-19)11-5-4-6-13(21)9-11/h4-6,9,12H,7-8,10H2,1-3H3,(H,22,23,24). The fourth-order valence-electron chi connectivity index (χ4n) is 3.70. The second-order valence-electron chi connectivity index (χ2n) is 7.91. The van der Waals surface area contributed by atoms with Crippen LogP contribution < -0.4 is 5.56 Å². The van der Waals surface area contributed by atoms with E-state index >= 15 is 0 Å². The summed E-state index contributed by atoms with van der Waals surface area (Å²) in [5.74, 6) is 1.31. The van der Waals surface area contributed by atoms with Gasteiger partial charge in [-0.3, -0.25) is 4.79 Å². The Morgan fingerprint density at radius 1 is 1.32 bits per heavy atom. The van der Waals surface area contributed by atoms with Crippen molar-refractivity contribution in [3.63, 3.8) is 0 Å². The molecule has 1 unspecified atom stereocenters. The molecule has 3 nitrogen and oxygen atoms in total. The Balaban J connectivity index is 1.83. The third-order valence-corrected chi connectivity index (χ3v) is 6.88. The average Bonchev–Trinajstić information content (AvgIpc) is 2.92. The second kappa shape index (κ2) is 6.06. The minimum atomic E-state index is -0.00770. The zero-order valence-corrected chi connectivity index (χ0v) is 17.1. The number of aromatic nitrogens is 2. The van der Waals surface area contributed by atoms with Crippen LogP contribution in [0.1, 0.15) is 37.6 Å². The number of halogens is 1. The van der Waals surface area contributed by atoms with Crippen LogP contribution in [0.2, 0.25) is 0 Å². The Kier molecular flexibility index (Phi) is 4.12. The van der Waals surface area contributed by atoms with Gasteiger partial charge in [-0.15, -0.1) is 11.3 Å². The molecule has 0 spiro atoms. The van der Waals surface area contributed by atoms with Crippen LogP contribution in [0.15, 0.2) is 33.5 Å². The highest BCUT2D eigenvalue weighted by Gasteiger charge is 2.31. The molecule has 1 aliphatic rings. The third kappa shape index (κ3) is 3.08. The van der Waals surface area contributed by atoms with E-state index in [9.17, 15) is 4.79 Å². The first-order chi connectivity index (χ1) is 11.8. The van der Waals surface area contributed by atoms with Crippen molar-refractivity contribution in [2.24, 2.45) is 11.3 Å². The van der Waals surface area contributed by atoms with Gasteiger partial charge in [0.05, 0.1) is 5.39 Å². The molecule has 0 fully saturated rings. The topological polar surface area (TPSA) is 45.8 Å². The summed E-state index contributed by atoms with van der Waals surface area (Å²) >= 11 is 5.19. The van der Waals surface area contributed by atoms with E-state index in [4.69, 9.17) is 4.98 Å². The second-order valence-corrected chi connectivity index (χ2v) is 9.91. The Hall–Kier alpha value is -1.46. The first-order valence-electron chi connectivity index (χ1n) is 8.63. The minimum absolute atomic E-state index is 0.00770. The van der Waals surface area contributed by atoms with Gasteiger partial charge >= 0.3 is 0 Å². The molecule has 0 bridgehead atoms. The number of benzene rings is 1. The van der Waals surface area contributed by atoms with Crippen LogP contribution in [0, 0.1) is 11.3 Å². The van der Waals surface area contributed by atoms with Gasteiger partial charge in [0.1, 0.15) is 10.7 Å². The maximum Gasteiger partial charge on any atom is 0.260 e. The molecule has 2 aromatic heterocycles. The summed E-state index contributed by atoms with van der Waals surface area (Å²) in [5, 5.41) is 0.811. The van der Waals surface area contributed by atoms with Crippen LogP contribution in [0.3, 0.4) is 0 Å². The average molecular weight is 417 g/mol. The zero-order chi connectivity index (χ0) is 17.8.